The standard InChI is InChI=1S/C15H25N3OS/c1-15(2,16)14(19)17-10-12-5-7-18(8-6-12)11-13-4-3-9-20-13/h3-4,9,12H,5-8,10-11,16H2,1-2H3,(H,17,19). The molecule has 0 unspecified atom stereocenters. The average molecular weight is 295 g/mol. The van der Waals surface area contributed by atoms with Crippen molar-refractivity contribution in [3.8, 4) is 0 Å². The molecule has 1 aliphatic heterocycles. The minimum atomic E-state index is -0.778. The average Bonchev–Trinajstić information content (AvgIpc) is 2.89. The molecule has 4 nitrogen and oxygen atoms in total. The number of thiophene rings is 1. The summed E-state index contributed by atoms with van der Waals surface area (Å²) in [6.45, 7) is 7.53. The van der Waals surface area contributed by atoms with Gasteiger partial charge in [0.2, 0.25) is 5.91 Å². The summed E-state index contributed by atoms with van der Waals surface area (Å²) in [4.78, 5) is 15.7. The summed E-state index contributed by atoms with van der Waals surface area (Å²) in [5, 5.41) is 5.10. The molecule has 0 atom stereocenters. The van der Waals surface area contributed by atoms with Gasteiger partial charge in [-0.2, -0.15) is 0 Å². The number of rotatable bonds is 5. The molecule has 0 saturated carbocycles. The normalized spacial score (nSPS) is 18.1. The number of nitrogens with one attached hydrogen (secondary N) is 1. The van der Waals surface area contributed by atoms with Crippen molar-refractivity contribution in [1.82, 2.24) is 10.2 Å². The lowest BCUT2D eigenvalue weighted by Gasteiger charge is -2.32. The molecular weight excluding hydrogens is 270 g/mol. The second kappa shape index (κ2) is 6.70. The molecule has 2 heterocycles. The molecule has 2 rings (SSSR count). The number of hydrogen-bond donors (Lipinski definition) is 2. The first-order valence-electron chi connectivity index (χ1n) is 7.27. The second-order valence-corrected chi connectivity index (χ2v) is 7.26. The van der Waals surface area contributed by atoms with Gasteiger partial charge in [0.05, 0.1) is 5.54 Å². The van der Waals surface area contributed by atoms with Crippen molar-refractivity contribution < 1.29 is 4.79 Å². The zero-order chi connectivity index (χ0) is 14.6. The van der Waals surface area contributed by atoms with E-state index < -0.39 is 5.54 Å². The van der Waals surface area contributed by atoms with Crippen LogP contribution in [0.5, 0.6) is 0 Å². The fourth-order valence-corrected chi connectivity index (χ4v) is 3.18. The lowest BCUT2D eigenvalue weighted by atomic mass is 9.96. The number of carbonyl (C=O) groups is 1. The summed E-state index contributed by atoms with van der Waals surface area (Å²) < 4.78 is 0. The summed E-state index contributed by atoms with van der Waals surface area (Å²) in [5.41, 5.74) is 5.00. The third-order valence-electron chi connectivity index (χ3n) is 3.80. The van der Waals surface area contributed by atoms with Crippen LogP contribution in [0.25, 0.3) is 0 Å². The summed E-state index contributed by atoms with van der Waals surface area (Å²) in [6.07, 6.45) is 2.30. The van der Waals surface area contributed by atoms with Gasteiger partial charge in [0.1, 0.15) is 0 Å². The predicted molar refractivity (Wildman–Crippen MR) is 83.6 cm³/mol. The Morgan fingerprint density at radius 2 is 2.20 bits per heavy atom. The van der Waals surface area contributed by atoms with Gasteiger partial charge in [0.25, 0.3) is 0 Å². The van der Waals surface area contributed by atoms with E-state index in [0.717, 1.165) is 39.0 Å². The van der Waals surface area contributed by atoms with Crippen LogP contribution in [0.2, 0.25) is 0 Å². The van der Waals surface area contributed by atoms with Crippen molar-refractivity contribution in [3.05, 3.63) is 22.4 Å². The molecule has 0 aromatic carbocycles. The van der Waals surface area contributed by atoms with Crippen LogP contribution >= 0.6 is 11.3 Å². The van der Waals surface area contributed by atoms with Crippen molar-refractivity contribution in [2.24, 2.45) is 11.7 Å². The van der Waals surface area contributed by atoms with Crippen LogP contribution in [0, 0.1) is 5.92 Å². The molecule has 1 aliphatic rings. The third kappa shape index (κ3) is 4.58. The van der Waals surface area contributed by atoms with Gasteiger partial charge in [-0.05, 0) is 57.1 Å². The third-order valence-corrected chi connectivity index (χ3v) is 4.66. The lowest BCUT2D eigenvalue weighted by molar-refractivity contribution is -0.125. The quantitative estimate of drug-likeness (QED) is 0.871. The van der Waals surface area contributed by atoms with E-state index in [1.54, 1.807) is 13.8 Å². The Morgan fingerprint density at radius 3 is 2.75 bits per heavy atom. The van der Waals surface area contributed by atoms with Crippen molar-refractivity contribution in [3.63, 3.8) is 0 Å². The Labute approximate surface area is 125 Å². The number of carbonyl (C=O) groups excluding carboxylic acids is 1. The largest absolute Gasteiger partial charge is 0.354 e. The van der Waals surface area contributed by atoms with Gasteiger partial charge in [0.15, 0.2) is 0 Å². The van der Waals surface area contributed by atoms with Gasteiger partial charge < -0.3 is 11.1 Å². The van der Waals surface area contributed by atoms with Crippen LogP contribution in [-0.2, 0) is 11.3 Å². The number of likely N-dealkylation sites (tertiary alicyclic amines) is 1. The summed E-state index contributed by atoms with van der Waals surface area (Å²) in [6, 6.07) is 4.30. The Kier molecular flexibility index (Phi) is 5.18. The first-order valence-corrected chi connectivity index (χ1v) is 8.15. The highest BCUT2D eigenvalue weighted by molar-refractivity contribution is 7.09. The topological polar surface area (TPSA) is 58.4 Å². The van der Waals surface area contributed by atoms with E-state index >= 15 is 0 Å². The molecule has 1 aromatic heterocycles. The molecule has 3 N–H and O–H groups in total. The maximum atomic E-state index is 11.7. The van der Waals surface area contributed by atoms with Crippen LogP contribution in [0.4, 0.5) is 0 Å². The Bertz CT molecular complexity index is 417. The Hall–Kier alpha value is -0.910. The van der Waals surface area contributed by atoms with E-state index in [0.29, 0.717) is 5.92 Å². The molecule has 0 spiro atoms. The summed E-state index contributed by atoms with van der Waals surface area (Å²) in [7, 11) is 0. The molecule has 0 radical (unpaired) electrons. The number of amides is 1. The van der Waals surface area contributed by atoms with E-state index in [-0.39, 0.29) is 5.91 Å². The second-order valence-electron chi connectivity index (χ2n) is 6.23. The van der Waals surface area contributed by atoms with Gasteiger partial charge in [-0.25, -0.2) is 0 Å². The fourth-order valence-electron chi connectivity index (χ4n) is 2.44. The van der Waals surface area contributed by atoms with Crippen LogP contribution in [-0.4, -0.2) is 36.0 Å². The highest BCUT2D eigenvalue weighted by Crippen LogP contribution is 2.20. The minimum Gasteiger partial charge on any atom is -0.354 e. The van der Waals surface area contributed by atoms with Gasteiger partial charge in [-0.1, -0.05) is 6.07 Å². The van der Waals surface area contributed by atoms with Crippen molar-refractivity contribution in [2.75, 3.05) is 19.6 Å². The minimum absolute atomic E-state index is 0.0569. The Balaban J connectivity index is 1.68. The molecule has 1 aromatic rings. The predicted octanol–water partition coefficient (Wildman–Crippen LogP) is 1.81. The van der Waals surface area contributed by atoms with Crippen LogP contribution < -0.4 is 11.1 Å². The van der Waals surface area contributed by atoms with E-state index in [1.165, 1.54) is 4.88 Å². The molecule has 1 amide bonds. The molecular formula is C15H25N3OS. The number of nitrogens with two attached hydrogens (primary N) is 1. The first-order chi connectivity index (χ1) is 9.45. The van der Waals surface area contributed by atoms with Crippen molar-refractivity contribution in [2.45, 2.75) is 38.8 Å². The number of hydrogen-bond acceptors (Lipinski definition) is 4. The lowest BCUT2D eigenvalue weighted by Crippen LogP contribution is -2.50. The Morgan fingerprint density at radius 1 is 1.50 bits per heavy atom. The molecule has 20 heavy (non-hydrogen) atoms. The van der Waals surface area contributed by atoms with E-state index in [1.807, 2.05) is 11.3 Å². The highest BCUT2D eigenvalue weighted by Gasteiger charge is 2.24. The zero-order valence-corrected chi connectivity index (χ0v) is 13.2. The van der Waals surface area contributed by atoms with Crippen LogP contribution in [0.1, 0.15) is 31.6 Å². The molecule has 1 saturated heterocycles. The van der Waals surface area contributed by atoms with E-state index in [4.69, 9.17) is 5.73 Å². The maximum absolute atomic E-state index is 11.7. The monoisotopic (exact) mass is 295 g/mol. The fraction of sp³-hybridized carbons (Fsp3) is 0.667. The van der Waals surface area contributed by atoms with E-state index in [2.05, 4.69) is 27.7 Å². The molecule has 112 valence electrons. The van der Waals surface area contributed by atoms with Crippen molar-refractivity contribution >= 4 is 17.2 Å². The van der Waals surface area contributed by atoms with Crippen molar-refractivity contribution in [1.29, 1.82) is 0 Å². The smallest absolute Gasteiger partial charge is 0.239 e. The molecule has 0 bridgehead atoms. The number of piperidine rings is 1. The van der Waals surface area contributed by atoms with Crippen LogP contribution in [0.3, 0.4) is 0 Å². The van der Waals surface area contributed by atoms with Gasteiger partial charge in [-0.15, -0.1) is 11.3 Å². The van der Waals surface area contributed by atoms with Gasteiger partial charge in [-0.3, -0.25) is 9.69 Å². The van der Waals surface area contributed by atoms with Crippen LogP contribution in [0.15, 0.2) is 17.5 Å². The van der Waals surface area contributed by atoms with Gasteiger partial charge >= 0.3 is 0 Å². The summed E-state index contributed by atoms with van der Waals surface area (Å²) >= 11 is 1.82. The summed E-state index contributed by atoms with van der Waals surface area (Å²) in [5.74, 6) is 0.527. The number of nitrogens with zero attached hydrogens (tertiary/aromatic N) is 1. The molecule has 0 aliphatic carbocycles. The molecule has 5 heteroatoms. The SMILES string of the molecule is CC(C)(N)C(=O)NCC1CCN(Cc2cccs2)CC1. The highest BCUT2D eigenvalue weighted by atomic mass is 32.1. The first kappa shape index (κ1) is 15.5. The molecule has 1 fully saturated rings. The maximum Gasteiger partial charge on any atom is 0.239 e. The van der Waals surface area contributed by atoms with E-state index in [9.17, 15) is 4.79 Å². The van der Waals surface area contributed by atoms with Gasteiger partial charge in [0, 0.05) is 18.0 Å². The zero-order valence-electron chi connectivity index (χ0n) is 12.4.